The van der Waals surface area contributed by atoms with Crippen LogP contribution in [0.25, 0.3) is 6.08 Å². The number of hydrogen-bond donors (Lipinski definition) is 0. The minimum atomic E-state index is -0.644. The molecule has 3 aromatic rings. The van der Waals surface area contributed by atoms with Gasteiger partial charge in [0, 0.05) is 5.56 Å². The summed E-state index contributed by atoms with van der Waals surface area (Å²) in [4.78, 5) is 28.2. The Balaban J connectivity index is 1.63. The van der Waals surface area contributed by atoms with E-state index in [0.717, 1.165) is 0 Å². The van der Waals surface area contributed by atoms with Gasteiger partial charge in [-0.15, -0.1) is 0 Å². The molecule has 1 aromatic carbocycles. The Hall–Kier alpha value is -3.87. The van der Waals surface area contributed by atoms with Crippen molar-refractivity contribution in [2.75, 3.05) is 0 Å². The van der Waals surface area contributed by atoms with Gasteiger partial charge in [0.05, 0.1) is 12.5 Å². The maximum Gasteiger partial charge on any atom is 0.379 e. The van der Waals surface area contributed by atoms with E-state index >= 15 is 0 Å². The van der Waals surface area contributed by atoms with Crippen LogP contribution in [0.5, 0.6) is 5.75 Å². The molecule has 1 aliphatic rings. The van der Waals surface area contributed by atoms with Crippen LogP contribution in [0.4, 0.5) is 0 Å². The SMILES string of the molecule is O=C1OC(c2ccco2)=N/C1=C\c1ccccc1OC(=O)c1ccco1. The van der Waals surface area contributed by atoms with Gasteiger partial charge < -0.3 is 18.3 Å². The van der Waals surface area contributed by atoms with E-state index in [9.17, 15) is 9.59 Å². The van der Waals surface area contributed by atoms with Gasteiger partial charge in [0.25, 0.3) is 5.90 Å². The normalized spacial score (nSPS) is 15.0. The first-order valence-electron chi connectivity index (χ1n) is 7.62. The molecule has 0 bridgehead atoms. The van der Waals surface area contributed by atoms with Crippen molar-refractivity contribution in [1.82, 2.24) is 0 Å². The number of carbonyl (C=O) groups excluding carboxylic acids is 2. The second-order valence-corrected chi connectivity index (χ2v) is 5.22. The number of rotatable bonds is 4. The average Bonchev–Trinajstić information content (AvgIpc) is 3.38. The number of esters is 2. The fraction of sp³-hybridized carbons (Fsp3) is 0. The Morgan fingerprint density at radius 3 is 2.58 bits per heavy atom. The van der Waals surface area contributed by atoms with E-state index in [2.05, 4.69) is 4.99 Å². The number of ether oxygens (including phenoxy) is 2. The van der Waals surface area contributed by atoms with Gasteiger partial charge in [0.1, 0.15) is 5.75 Å². The fourth-order valence-corrected chi connectivity index (χ4v) is 2.30. The van der Waals surface area contributed by atoms with E-state index < -0.39 is 11.9 Å². The average molecular weight is 349 g/mol. The topological polar surface area (TPSA) is 91.2 Å². The first-order chi connectivity index (χ1) is 12.7. The van der Waals surface area contributed by atoms with Crippen molar-refractivity contribution in [3.8, 4) is 5.75 Å². The van der Waals surface area contributed by atoms with Gasteiger partial charge in [-0.05, 0) is 36.4 Å². The third-order valence-corrected chi connectivity index (χ3v) is 3.49. The van der Waals surface area contributed by atoms with Gasteiger partial charge in [-0.3, -0.25) is 0 Å². The third kappa shape index (κ3) is 3.05. The number of aliphatic imine (C=N–C) groups is 1. The van der Waals surface area contributed by atoms with Crippen molar-refractivity contribution in [2.24, 2.45) is 4.99 Å². The molecule has 1 aliphatic heterocycles. The second kappa shape index (κ2) is 6.56. The lowest BCUT2D eigenvalue weighted by Gasteiger charge is -2.06. The molecule has 3 heterocycles. The molecule has 0 unspecified atom stereocenters. The second-order valence-electron chi connectivity index (χ2n) is 5.22. The maximum atomic E-state index is 12.1. The lowest BCUT2D eigenvalue weighted by atomic mass is 10.1. The highest BCUT2D eigenvalue weighted by Crippen LogP contribution is 2.25. The van der Waals surface area contributed by atoms with E-state index in [-0.39, 0.29) is 23.1 Å². The molecule has 2 aromatic heterocycles. The zero-order chi connectivity index (χ0) is 17.9. The number of furan rings is 2. The van der Waals surface area contributed by atoms with Crippen LogP contribution in [0.3, 0.4) is 0 Å². The van der Waals surface area contributed by atoms with E-state index in [1.54, 1.807) is 42.5 Å². The predicted molar refractivity (Wildman–Crippen MR) is 89.4 cm³/mol. The number of para-hydroxylation sites is 1. The van der Waals surface area contributed by atoms with Crippen LogP contribution in [0.1, 0.15) is 21.9 Å². The molecule has 26 heavy (non-hydrogen) atoms. The van der Waals surface area contributed by atoms with E-state index in [4.69, 9.17) is 18.3 Å². The molecule has 128 valence electrons. The zero-order valence-electron chi connectivity index (χ0n) is 13.2. The summed E-state index contributed by atoms with van der Waals surface area (Å²) >= 11 is 0. The molecule has 0 saturated carbocycles. The van der Waals surface area contributed by atoms with Gasteiger partial charge >= 0.3 is 11.9 Å². The van der Waals surface area contributed by atoms with Gasteiger partial charge in [-0.2, -0.15) is 0 Å². The maximum absolute atomic E-state index is 12.1. The summed E-state index contributed by atoms with van der Waals surface area (Å²) < 4.78 is 20.6. The van der Waals surface area contributed by atoms with Gasteiger partial charge in [0.15, 0.2) is 11.5 Å². The molecule has 0 aliphatic carbocycles. The molecular formula is C19H11NO6. The minimum absolute atomic E-state index is 0.0675. The molecule has 4 rings (SSSR count). The molecule has 0 amide bonds. The van der Waals surface area contributed by atoms with Crippen LogP contribution in [-0.4, -0.2) is 17.8 Å². The van der Waals surface area contributed by atoms with Crippen molar-refractivity contribution in [3.05, 3.63) is 83.8 Å². The first-order valence-corrected chi connectivity index (χ1v) is 7.62. The molecule has 7 heteroatoms. The Morgan fingerprint density at radius 1 is 1.00 bits per heavy atom. The Bertz CT molecular complexity index is 1010. The summed E-state index contributed by atoms with van der Waals surface area (Å²) in [7, 11) is 0. The smallest absolute Gasteiger partial charge is 0.379 e. The summed E-state index contributed by atoms with van der Waals surface area (Å²) in [6.45, 7) is 0. The predicted octanol–water partition coefficient (Wildman–Crippen LogP) is 3.44. The Labute approximate surface area is 147 Å². The molecule has 0 atom stereocenters. The van der Waals surface area contributed by atoms with Crippen LogP contribution in [0.2, 0.25) is 0 Å². The quantitative estimate of drug-likeness (QED) is 0.407. The van der Waals surface area contributed by atoms with Crippen LogP contribution >= 0.6 is 0 Å². The van der Waals surface area contributed by atoms with E-state index in [1.807, 2.05) is 0 Å². The van der Waals surface area contributed by atoms with Gasteiger partial charge in [-0.25, -0.2) is 14.6 Å². The number of cyclic esters (lactones) is 1. The number of nitrogens with zero attached hydrogens (tertiary/aromatic N) is 1. The molecule has 0 N–H and O–H groups in total. The third-order valence-electron chi connectivity index (χ3n) is 3.49. The van der Waals surface area contributed by atoms with Crippen LogP contribution < -0.4 is 4.74 Å². The molecule has 0 saturated heterocycles. The monoisotopic (exact) mass is 349 g/mol. The molecule has 0 fully saturated rings. The van der Waals surface area contributed by atoms with Crippen LogP contribution in [0.15, 0.2) is 80.6 Å². The van der Waals surface area contributed by atoms with Crippen molar-refractivity contribution < 1.29 is 27.9 Å². The van der Waals surface area contributed by atoms with Crippen LogP contribution in [-0.2, 0) is 9.53 Å². The zero-order valence-corrected chi connectivity index (χ0v) is 13.2. The van der Waals surface area contributed by atoms with E-state index in [0.29, 0.717) is 11.3 Å². The minimum Gasteiger partial charge on any atom is -0.459 e. The number of benzene rings is 1. The highest BCUT2D eigenvalue weighted by atomic mass is 16.6. The summed E-state index contributed by atoms with van der Waals surface area (Å²) in [6, 6.07) is 13.1. The molecule has 7 nitrogen and oxygen atoms in total. The van der Waals surface area contributed by atoms with Crippen molar-refractivity contribution in [1.29, 1.82) is 0 Å². The fourth-order valence-electron chi connectivity index (χ4n) is 2.30. The van der Waals surface area contributed by atoms with E-state index in [1.165, 1.54) is 24.7 Å². The number of hydrogen-bond acceptors (Lipinski definition) is 7. The summed E-state index contributed by atoms with van der Waals surface area (Å²) in [6.07, 6.45) is 4.31. The number of carbonyl (C=O) groups is 2. The lowest BCUT2D eigenvalue weighted by molar-refractivity contribution is -0.130. The van der Waals surface area contributed by atoms with Crippen molar-refractivity contribution in [2.45, 2.75) is 0 Å². The lowest BCUT2D eigenvalue weighted by Crippen LogP contribution is -2.08. The Kier molecular flexibility index (Phi) is 3.95. The summed E-state index contributed by atoms with van der Waals surface area (Å²) in [5.41, 5.74) is 0.557. The van der Waals surface area contributed by atoms with Gasteiger partial charge in [-0.1, -0.05) is 18.2 Å². The highest BCUT2D eigenvalue weighted by Gasteiger charge is 2.26. The molecule has 0 radical (unpaired) electrons. The van der Waals surface area contributed by atoms with Gasteiger partial charge in [0.2, 0.25) is 5.76 Å². The summed E-state index contributed by atoms with van der Waals surface area (Å²) in [5, 5.41) is 0. The first kappa shape index (κ1) is 15.6. The highest BCUT2D eigenvalue weighted by molar-refractivity contribution is 6.12. The molecular weight excluding hydrogens is 338 g/mol. The largest absolute Gasteiger partial charge is 0.459 e. The van der Waals surface area contributed by atoms with Crippen LogP contribution in [0, 0.1) is 0 Å². The van der Waals surface area contributed by atoms with Crippen molar-refractivity contribution in [3.63, 3.8) is 0 Å². The van der Waals surface area contributed by atoms with Crippen molar-refractivity contribution >= 4 is 23.9 Å². The summed E-state index contributed by atoms with van der Waals surface area (Å²) in [5.74, 6) is -0.504. The standard InChI is InChI=1S/C19H11NO6/c21-18-13(20-17(26-18)15-7-3-9-23-15)11-12-5-1-2-6-14(12)25-19(22)16-8-4-10-24-16/h1-11H/b13-11-. The Morgan fingerprint density at radius 2 is 1.81 bits per heavy atom. The molecule has 0 spiro atoms.